The summed E-state index contributed by atoms with van der Waals surface area (Å²) in [6.45, 7) is 6.44. The first-order valence-corrected chi connectivity index (χ1v) is 11.8. The Morgan fingerprint density at radius 1 is 1.12 bits per heavy atom. The third-order valence-electron chi connectivity index (χ3n) is 5.02. The van der Waals surface area contributed by atoms with Crippen LogP contribution in [-0.2, 0) is 11.4 Å². The van der Waals surface area contributed by atoms with Gasteiger partial charge in [0.05, 0.1) is 11.1 Å². The Balaban J connectivity index is 1.86. The van der Waals surface area contributed by atoms with Crippen molar-refractivity contribution in [3.05, 3.63) is 91.9 Å². The summed E-state index contributed by atoms with van der Waals surface area (Å²) in [4.78, 5) is 12.8. The first-order chi connectivity index (χ1) is 16.3. The standard InChI is InChI=1S/C27H24BrClN2O3/c1-4-33-24-14-20(13-23(28)26(24)34-16-19-8-10-22(29)11-9-19)12-21(15-30)27(32)31-25-17(2)6-5-7-18(25)3/h5-14H,4,16H2,1-3H3,(H,31,32)/b21-12-. The molecule has 7 heteroatoms. The molecule has 0 saturated carbocycles. The summed E-state index contributed by atoms with van der Waals surface area (Å²) in [6.07, 6.45) is 1.53. The number of hydrogen-bond donors (Lipinski definition) is 1. The first kappa shape index (κ1) is 25.4. The molecule has 0 heterocycles. The molecule has 0 radical (unpaired) electrons. The van der Waals surface area contributed by atoms with E-state index in [4.69, 9.17) is 21.1 Å². The molecule has 5 nitrogen and oxygen atoms in total. The molecule has 3 rings (SSSR count). The number of ether oxygens (including phenoxy) is 2. The third kappa shape index (κ3) is 6.40. The molecule has 0 aliphatic heterocycles. The highest BCUT2D eigenvalue weighted by molar-refractivity contribution is 9.10. The number of halogens is 2. The SMILES string of the molecule is CCOc1cc(/C=C(/C#N)C(=O)Nc2c(C)cccc2C)cc(Br)c1OCc1ccc(Cl)cc1. The Kier molecular flexibility index (Phi) is 8.75. The summed E-state index contributed by atoms with van der Waals surface area (Å²) in [5.41, 5.74) is 4.12. The van der Waals surface area contributed by atoms with E-state index in [1.807, 2.05) is 57.2 Å². The van der Waals surface area contributed by atoms with Gasteiger partial charge in [0.1, 0.15) is 18.2 Å². The van der Waals surface area contributed by atoms with E-state index in [2.05, 4.69) is 21.2 Å². The van der Waals surface area contributed by atoms with Gasteiger partial charge in [-0.15, -0.1) is 0 Å². The second kappa shape index (κ2) is 11.7. The number of para-hydroxylation sites is 1. The van der Waals surface area contributed by atoms with E-state index in [1.54, 1.807) is 24.3 Å². The van der Waals surface area contributed by atoms with Crippen LogP contribution >= 0.6 is 27.5 Å². The summed E-state index contributed by atoms with van der Waals surface area (Å²) >= 11 is 9.49. The molecule has 0 aliphatic rings. The Hall–Kier alpha value is -3.27. The summed E-state index contributed by atoms with van der Waals surface area (Å²) in [7, 11) is 0. The predicted molar refractivity (Wildman–Crippen MR) is 139 cm³/mol. The number of carbonyl (C=O) groups excluding carboxylic acids is 1. The molecule has 0 atom stereocenters. The Morgan fingerprint density at radius 3 is 2.41 bits per heavy atom. The van der Waals surface area contributed by atoms with E-state index in [-0.39, 0.29) is 5.57 Å². The molecule has 3 aromatic rings. The van der Waals surface area contributed by atoms with E-state index in [0.717, 1.165) is 16.7 Å². The van der Waals surface area contributed by atoms with Crippen molar-refractivity contribution in [2.45, 2.75) is 27.4 Å². The van der Waals surface area contributed by atoms with Crippen LogP contribution in [0.2, 0.25) is 5.02 Å². The molecule has 0 spiro atoms. The average molecular weight is 540 g/mol. The van der Waals surface area contributed by atoms with Gasteiger partial charge in [0.2, 0.25) is 0 Å². The molecule has 0 bridgehead atoms. The summed E-state index contributed by atoms with van der Waals surface area (Å²) in [6, 6.07) is 18.7. The number of rotatable bonds is 8. The normalized spacial score (nSPS) is 11.0. The number of hydrogen-bond acceptors (Lipinski definition) is 4. The van der Waals surface area contributed by atoms with Crippen molar-refractivity contribution in [3.8, 4) is 17.6 Å². The van der Waals surface area contributed by atoms with Gasteiger partial charge in [0.25, 0.3) is 5.91 Å². The molecular formula is C27H24BrClN2O3. The van der Waals surface area contributed by atoms with Crippen molar-refractivity contribution in [2.24, 2.45) is 0 Å². The third-order valence-corrected chi connectivity index (χ3v) is 5.86. The van der Waals surface area contributed by atoms with Gasteiger partial charge in [-0.3, -0.25) is 4.79 Å². The van der Waals surface area contributed by atoms with Crippen molar-refractivity contribution >= 4 is 45.2 Å². The van der Waals surface area contributed by atoms with Crippen LogP contribution in [0.4, 0.5) is 5.69 Å². The highest BCUT2D eigenvalue weighted by Gasteiger charge is 2.16. The number of carbonyl (C=O) groups is 1. The topological polar surface area (TPSA) is 71.3 Å². The maximum atomic E-state index is 12.8. The fraction of sp³-hybridized carbons (Fsp3) is 0.185. The Morgan fingerprint density at radius 2 is 1.79 bits per heavy atom. The average Bonchev–Trinajstić information content (AvgIpc) is 2.80. The highest BCUT2D eigenvalue weighted by atomic mass is 79.9. The summed E-state index contributed by atoms with van der Waals surface area (Å²) < 4.78 is 12.4. The number of nitriles is 1. The molecule has 0 saturated heterocycles. The number of benzene rings is 3. The smallest absolute Gasteiger partial charge is 0.266 e. The van der Waals surface area contributed by atoms with Crippen LogP contribution < -0.4 is 14.8 Å². The maximum absolute atomic E-state index is 12.8. The largest absolute Gasteiger partial charge is 0.490 e. The van der Waals surface area contributed by atoms with Gasteiger partial charge in [0, 0.05) is 10.7 Å². The Labute approximate surface area is 213 Å². The van der Waals surface area contributed by atoms with Crippen molar-refractivity contribution in [2.75, 3.05) is 11.9 Å². The molecular weight excluding hydrogens is 516 g/mol. The van der Waals surface area contributed by atoms with Gasteiger partial charge < -0.3 is 14.8 Å². The van der Waals surface area contributed by atoms with Crippen molar-refractivity contribution in [3.63, 3.8) is 0 Å². The first-order valence-electron chi connectivity index (χ1n) is 10.6. The maximum Gasteiger partial charge on any atom is 0.266 e. The van der Waals surface area contributed by atoms with E-state index in [0.29, 0.717) is 45.5 Å². The van der Waals surface area contributed by atoms with Crippen molar-refractivity contribution in [1.29, 1.82) is 5.26 Å². The van der Waals surface area contributed by atoms with Gasteiger partial charge in [0.15, 0.2) is 11.5 Å². The van der Waals surface area contributed by atoms with E-state index >= 15 is 0 Å². The number of amides is 1. The van der Waals surface area contributed by atoms with E-state index < -0.39 is 5.91 Å². The molecule has 1 N–H and O–H groups in total. The van der Waals surface area contributed by atoms with Gasteiger partial charge in [-0.05, 0) is 89.3 Å². The molecule has 0 fully saturated rings. The van der Waals surface area contributed by atoms with Crippen LogP contribution in [0.15, 0.2) is 64.6 Å². The van der Waals surface area contributed by atoms with Crippen LogP contribution in [0.1, 0.15) is 29.2 Å². The molecule has 0 unspecified atom stereocenters. The number of anilines is 1. The molecule has 1 amide bonds. The van der Waals surface area contributed by atoms with Crippen LogP contribution in [0.5, 0.6) is 11.5 Å². The lowest BCUT2D eigenvalue weighted by atomic mass is 10.1. The van der Waals surface area contributed by atoms with Crippen LogP contribution in [0.3, 0.4) is 0 Å². The molecule has 3 aromatic carbocycles. The van der Waals surface area contributed by atoms with Gasteiger partial charge in [-0.25, -0.2) is 0 Å². The summed E-state index contributed by atoms with van der Waals surface area (Å²) in [5, 5.41) is 13.2. The monoisotopic (exact) mass is 538 g/mol. The van der Waals surface area contributed by atoms with Crippen LogP contribution in [-0.4, -0.2) is 12.5 Å². The fourth-order valence-electron chi connectivity index (χ4n) is 3.32. The van der Waals surface area contributed by atoms with Crippen LogP contribution in [0, 0.1) is 25.2 Å². The molecule has 174 valence electrons. The van der Waals surface area contributed by atoms with Crippen LogP contribution in [0.25, 0.3) is 6.08 Å². The minimum absolute atomic E-state index is 0.0214. The fourth-order valence-corrected chi connectivity index (χ4v) is 4.02. The highest BCUT2D eigenvalue weighted by Crippen LogP contribution is 2.38. The number of aryl methyl sites for hydroxylation is 2. The second-order valence-corrected chi connectivity index (χ2v) is 8.86. The predicted octanol–water partition coefficient (Wildman–Crippen LogP) is 7.24. The van der Waals surface area contributed by atoms with Gasteiger partial charge in [-0.2, -0.15) is 5.26 Å². The number of nitrogens with one attached hydrogen (secondary N) is 1. The molecule has 34 heavy (non-hydrogen) atoms. The lowest BCUT2D eigenvalue weighted by Gasteiger charge is -2.15. The van der Waals surface area contributed by atoms with Crippen molar-refractivity contribution < 1.29 is 14.3 Å². The van der Waals surface area contributed by atoms with Gasteiger partial charge >= 0.3 is 0 Å². The Bertz CT molecular complexity index is 1240. The van der Waals surface area contributed by atoms with Crippen molar-refractivity contribution in [1.82, 2.24) is 0 Å². The summed E-state index contributed by atoms with van der Waals surface area (Å²) in [5.74, 6) is 0.564. The molecule has 0 aliphatic carbocycles. The molecule has 0 aromatic heterocycles. The van der Waals surface area contributed by atoms with E-state index in [9.17, 15) is 10.1 Å². The quantitative estimate of drug-likeness (QED) is 0.242. The lowest BCUT2D eigenvalue weighted by Crippen LogP contribution is -2.15. The van der Waals surface area contributed by atoms with E-state index in [1.165, 1.54) is 6.08 Å². The minimum atomic E-state index is -0.475. The van der Waals surface area contributed by atoms with Gasteiger partial charge in [-0.1, -0.05) is 41.9 Å². The number of nitrogens with zero attached hydrogens (tertiary/aromatic N) is 1. The second-order valence-electron chi connectivity index (χ2n) is 7.57. The minimum Gasteiger partial charge on any atom is -0.490 e. The zero-order valence-corrected chi connectivity index (χ0v) is 21.5. The zero-order valence-electron chi connectivity index (χ0n) is 19.1. The lowest BCUT2D eigenvalue weighted by molar-refractivity contribution is -0.112. The zero-order chi connectivity index (χ0) is 24.7.